The van der Waals surface area contributed by atoms with Gasteiger partial charge in [0.05, 0.1) is 6.04 Å². The Bertz CT molecular complexity index is 618. The van der Waals surface area contributed by atoms with Crippen molar-refractivity contribution in [2.45, 2.75) is 57.8 Å². The third-order valence-electron chi connectivity index (χ3n) is 3.63. The number of ketones is 1. The average Bonchev–Trinajstić information content (AvgIpc) is 2.52. The minimum atomic E-state index is -4.66. The molecule has 1 aromatic rings. The molecular weight excluding hydrogens is 349 g/mol. The monoisotopic (exact) mass is 372 g/mol. The first kappa shape index (κ1) is 21.7. The Morgan fingerprint density at radius 2 is 1.65 bits per heavy atom. The van der Waals surface area contributed by atoms with Gasteiger partial charge in [-0.15, -0.1) is 0 Å². The molecule has 5 nitrogen and oxygen atoms in total. The van der Waals surface area contributed by atoms with E-state index in [1.54, 1.807) is 37.3 Å². The van der Waals surface area contributed by atoms with Crippen LogP contribution in [0.4, 0.5) is 13.2 Å². The van der Waals surface area contributed by atoms with Crippen molar-refractivity contribution in [1.29, 1.82) is 0 Å². The second kappa shape index (κ2) is 9.94. The number of nitrogens with one attached hydrogen (secondary N) is 2. The number of hydrogen-bond acceptors (Lipinski definition) is 3. The second-order valence-electron chi connectivity index (χ2n) is 6.05. The highest BCUT2D eigenvalue weighted by atomic mass is 19.4. The molecule has 0 bridgehead atoms. The topological polar surface area (TPSA) is 75.3 Å². The average molecular weight is 372 g/mol. The first-order valence-corrected chi connectivity index (χ1v) is 8.33. The third kappa shape index (κ3) is 8.13. The molecule has 2 atom stereocenters. The molecule has 0 aliphatic carbocycles. The first-order chi connectivity index (χ1) is 12.1. The van der Waals surface area contributed by atoms with Gasteiger partial charge in [0.15, 0.2) is 5.78 Å². The lowest BCUT2D eigenvalue weighted by molar-refractivity contribution is -0.154. The van der Waals surface area contributed by atoms with E-state index >= 15 is 0 Å². The van der Waals surface area contributed by atoms with Crippen LogP contribution < -0.4 is 10.6 Å². The van der Waals surface area contributed by atoms with Crippen LogP contribution in [0.2, 0.25) is 0 Å². The molecule has 0 heterocycles. The Hall–Kier alpha value is -2.38. The van der Waals surface area contributed by atoms with Crippen LogP contribution in [0.15, 0.2) is 30.3 Å². The van der Waals surface area contributed by atoms with Crippen molar-refractivity contribution in [1.82, 2.24) is 10.6 Å². The molecule has 144 valence electrons. The van der Waals surface area contributed by atoms with Crippen LogP contribution in [-0.2, 0) is 20.8 Å². The number of hydrogen-bond donors (Lipinski definition) is 2. The summed E-state index contributed by atoms with van der Waals surface area (Å²) in [6.45, 7) is 3.05. The fourth-order valence-corrected chi connectivity index (χ4v) is 2.49. The van der Waals surface area contributed by atoms with Crippen LogP contribution >= 0.6 is 0 Å². The molecule has 0 radical (unpaired) electrons. The molecule has 2 amide bonds. The number of alkyl halides is 3. The fraction of sp³-hybridized carbons (Fsp3) is 0.500. The molecule has 0 aliphatic heterocycles. The highest BCUT2D eigenvalue weighted by Crippen LogP contribution is 2.21. The maximum Gasteiger partial charge on any atom is 0.395 e. The van der Waals surface area contributed by atoms with Crippen molar-refractivity contribution >= 4 is 17.6 Å². The number of benzene rings is 1. The SMILES string of the molecule is CCC[C@H](NC(C)=O)C(=O)N[C@@H](Cc1ccccc1)C(=O)CC(F)(F)F. The summed E-state index contributed by atoms with van der Waals surface area (Å²) in [5.74, 6) is -2.22. The molecule has 0 aliphatic rings. The maximum atomic E-state index is 12.6. The van der Waals surface area contributed by atoms with Crippen LogP contribution in [0.25, 0.3) is 0 Å². The molecule has 2 N–H and O–H groups in total. The van der Waals surface area contributed by atoms with Gasteiger partial charge in [-0.1, -0.05) is 43.7 Å². The van der Waals surface area contributed by atoms with E-state index in [2.05, 4.69) is 10.6 Å². The van der Waals surface area contributed by atoms with Gasteiger partial charge in [-0.2, -0.15) is 13.2 Å². The zero-order valence-corrected chi connectivity index (χ0v) is 14.7. The van der Waals surface area contributed by atoms with E-state index < -0.39 is 42.3 Å². The van der Waals surface area contributed by atoms with E-state index in [0.717, 1.165) is 0 Å². The van der Waals surface area contributed by atoms with Crippen LogP contribution in [0, 0.1) is 0 Å². The molecule has 0 spiro atoms. The van der Waals surface area contributed by atoms with Crippen LogP contribution in [0.3, 0.4) is 0 Å². The molecule has 8 heteroatoms. The standard InChI is InChI=1S/C18H23F3N2O3/c1-3-7-14(22-12(2)24)17(26)23-15(16(25)11-18(19,20)21)10-13-8-5-4-6-9-13/h4-6,8-9,14-15H,3,7,10-11H2,1-2H3,(H,22,24)(H,23,26)/t14-,15-/m0/s1. The molecule has 0 aromatic heterocycles. The minimum Gasteiger partial charge on any atom is -0.345 e. The summed E-state index contributed by atoms with van der Waals surface area (Å²) >= 11 is 0. The van der Waals surface area contributed by atoms with Gasteiger partial charge in [0, 0.05) is 6.92 Å². The Labute approximate surface area is 150 Å². The summed E-state index contributed by atoms with van der Waals surface area (Å²) in [5, 5.41) is 4.83. The number of Topliss-reactive ketones (excluding diaryl/α,β-unsaturated/α-hetero) is 1. The largest absolute Gasteiger partial charge is 0.395 e. The van der Waals surface area contributed by atoms with Crippen LogP contribution in [0.5, 0.6) is 0 Å². The van der Waals surface area contributed by atoms with Gasteiger partial charge in [-0.25, -0.2) is 0 Å². The van der Waals surface area contributed by atoms with Crippen molar-refractivity contribution in [3.05, 3.63) is 35.9 Å². The van der Waals surface area contributed by atoms with E-state index in [4.69, 9.17) is 0 Å². The Kier molecular flexibility index (Phi) is 8.28. The van der Waals surface area contributed by atoms with Crippen molar-refractivity contribution in [2.24, 2.45) is 0 Å². The van der Waals surface area contributed by atoms with E-state index in [0.29, 0.717) is 18.4 Å². The summed E-state index contributed by atoms with van der Waals surface area (Å²) in [6.07, 6.45) is -5.43. The minimum absolute atomic E-state index is 0.0551. The maximum absolute atomic E-state index is 12.6. The molecule has 1 aromatic carbocycles. The number of amides is 2. The van der Waals surface area contributed by atoms with Gasteiger partial charge in [-0.3, -0.25) is 14.4 Å². The summed E-state index contributed by atoms with van der Waals surface area (Å²) in [7, 11) is 0. The first-order valence-electron chi connectivity index (χ1n) is 8.33. The van der Waals surface area contributed by atoms with Gasteiger partial charge in [0.25, 0.3) is 0 Å². The van der Waals surface area contributed by atoms with E-state index in [-0.39, 0.29) is 6.42 Å². The number of rotatable bonds is 9. The summed E-state index contributed by atoms with van der Waals surface area (Å²) in [4.78, 5) is 35.7. The van der Waals surface area contributed by atoms with E-state index in [9.17, 15) is 27.6 Å². The van der Waals surface area contributed by atoms with Crippen molar-refractivity contribution in [2.75, 3.05) is 0 Å². The predicted molar refractivity (Wildman–Crippen MR) is 90.3 cm³/mol. The molecule has 1 rings (SSSR count). The summed E-state index contributed by atoms with van der Waals surface area (Å²) in [5.41, 5.74) is 0.625. The fourth-order valence-electron chi connectivity index (χ4n) is 2.49. The molecule has 0 saturated carbocycles. The molecule has 0 unspecified atom stereocenters. The number of carbonyl (C=O) groups is 3. The summed E-state index contributed by atoms with van der Waals surface area (Å²) in [6, 6.07) is 6.24. The third-order valence-corrected chi connectivity index (χ3v) is 3.63. The van der Waals surface area contributed by atoms with Crippen LogP contribution in [-0.4, -0.2) is 35.9 Å². The van der Waals surface area contributed by atoms with Crippen molar-refractivity contribution in [3.63, 3.8) is 0 Å². The van der Waals surface area contributed by atoms with Crippen molar-refractivity contribution in [3.8, 4) is 0 Å². The smallest absolute Gasteiger partial charge is 0.345 e. The molecule has 26 heavy (non-hydrogen) atoms. The molecular formula is C18H23F3N2O3. The Morgan fingerprint density at radius 1 is 1.04 bits per heavy atom. The lowest BCUT2D eigenvalue weighted by Gasteiger charge is -2.23. The second-order valence-corrected chi connectivity index (χ2v) is 6.05. The van der Waals surface area contributed by atoms with E-state index in [1.807, 2.05) is 0 Å². The Morgan fingerprint density at radius 3 is 2.15 bits per heavy atom. The van der Waals surface area contributed by atoms with Gasteiger partial charge in [0.1, 0.15) is 12.5 Å². The van der Waals surface area contributed by atoms with E-state index in [1.165, 1.54) is 6.92 Å². The highest BCUT2D eigenvalue weighted by Gasteiger charge is 2.35. The van der Waals surface area contributed by atoms with Gasteiger partial charge in [0.2, 0.25) is 11.8 Å². The van der Waals surface area contributed by atoms with Gasteiger partial charge >= 0.3 is 6.18 Å². The number of carbonyl (C=O) groups excluding carboxylic acids is 3. The molecule has 0 saturated heterocycles. The lowest BCUT2D eigenvalue weighted by Crippen LogP contribution is -2.52. The summed E-state index contributed by atoms with van der Waals surface area (Å²) < 4.78 is 37.8. The van der Waals surface area contributed by atoms with Crippen LogP contribution in [0.1, 0.15) is 38.7 Å². The van der Waals surface area contributed by atoms with Gasteiger partial charge in [-0.05, 0) is 18.4 Å². The lowest BCUT2D eigenvalue weighted by atomic mass is 9.99. The zero-order valence-electron chi connectivity index (χ0n) is 14.7. The normalized spacial score (nSPS) is 13.6. The zero-order chi connectivity index (χ0) is 19.7. The Balaban J connectivity index is 2.93. The molecule has 0 fully saturated rings. The quantitative estimate of drug-likeness (QED) is 0.700. The number of halogens is 3. The predicted octanol–water partition coefficient (Wildman–Crippen LogP) is 2.54. The highest BCUT2D eigenvalue weighted by molar-refractivity contribution is 5.92. The van der Waals surface area contributed by atoms with Crippen molar-refractivity contribution < 1.29 is 27.6 Å². The van der Waals surface area contributed by atoms with Gasteiger partial charge < -0.3 is 10.6 Å².